The van der Waals surface area contributed by atoms with Crippen molar-refractivity contribution in [3.05, 3.63) is 29.3 Å². The molecule has 0 heterocycles. The summed E-state index contributed by atoms with van der Waals surface area (Å²) in [6.07, 6.45) is 7.90. The average molecular weight is 429 g/mol. The molecule has 5 rings (SSSR count). The molecule has 0 aliphatic heterocycles. The quantitative estimate of drug-likeness (QED) is 0.405. The number of nitrogens with one attached hydrogen (secondary N) is 1. The summed E-state index contributed by atoms with van der Waals surface area (Å²) in [6.45, 7) is 3.82. The zero-order chi connectivity index (χ0) is 21.5. The van der Waals surface area contributed by atoms with Gasteiger partial charge in [0.15, 0.2) is 11.4 Å². The van der Waals surface area contributed by atoms with Crippen molar-refractivity contribution in [1.29, 1.82) is 5.26 Å². The van der Waals surface area contributed by atoms with Crippen LogP contribution in [0.2, 0.25) is 5.02 Å². The Hall–Kier alpha value is -2.26. The molecule has 2 atom stereocenters. The zero-order valence-electron chi connectivity index (χ0n) is 17.5. The van der Waals surface area contributed by atoms with Crippen LogP contribution in [0.1, 0.15) is 52.4 Å². The molecule has 1 aromatic carbocycles. The lowest BCUT2D eigenvalue weighted by atomic mass is 9.47. The lowest BCUT2D eigenvalue weighted by molar-refractivity contribution is -0.128. The molecule has 1 aromatic rings. The fourth-order valence-corrected chi connectivity index (χ4v) is 6.53. The highest BCUT2D eigenvalue weighted by Gasteiger charge is 2.56. The predicted octanol–water partition coefficient (Wildman–Crippen LogP) is 4.04. The van der Waals surface area contributed by atoms with Crippen LogP contribution in [-0.4, -0.2) is 23.4 Å². The predicted molar refractivity (Wildman–Crippen MR) is 116 cm³/mol. The fraction of sp³-hybridized carbons (Fsp3) is 0.609. The Morgan fingerprint density at radius 1 is 1.30 bits per heavy atom. The second-order valence-corrected chi connectivity index (χ2v) is 10.3. The van der Waals surface area contributed by atoms with E-state index in [1.54, 1.807) is 12.1 Å². The molecular weight excluding hydrogens is 400 g/mol. The van der Waals surface area contributed by atoms with E-state index in [-0.39, 0.29) is 17.4 Å². The lowest BCUT2D eigenvalue weighted by Crippen LogP contribution is -2.62. The molecule has 160 valence electrons. The number of amidine groups is 1. The van der Waals surface area contributed by atoms with Crippen LogP contribution < -0.4 is 15.8 Å². The zero-order valence-corrected chi connectivity index (χ0v) is 18.3. The molecule has 30 heavy (non-hydrogen) atoms. The number of primary amides is 1. The number of hydrogen-bond donors (Lipinski definition) is 2. The Labute approximate surface area is 182 Å². The Morgan fingerprint density at radius 3 is 2.50 bits per heavy atom. The van der Waals surface area contributed by atoms with Gasteiger partial charge in [0.05, 0.1) is 0 Å². The molecule has 4 aliphatic rings. The number of nitrogens with two attached hydrogens (primary N) is 1. The van der Waals surface area contributed by atoms with Gasteiger partial charge in [-0.2, -0.15) is 10.3 Å². The minimum absolute atomic E-state index is 0.0718. The van der Waals surface area contributed by atoms with Gasteiger partial charge in [-0.05, 0) is 93.4 Å². The minimum atomic E-state index is -0.802. The van der Waals surface area contributed by atoms with Crippen molar-refractivity contribution < 1.29 is 9.53 Å². The van der Waals surface area contributed by atoms with Gasteiger partial charge in [-0.1, -0.05) is 11.6 Å². The van der Waals surface area contributed by atoms with E-state index >= 15 is 0 Å². The van der Waals surface area contributed by atoms with Crippen molar-refractivity contribution in [1.82, 2.24) is 5.32 Å². The SMILES string of the molecule is CC(C)(Oc1ccc(Cl)cc1)/C(=N/C#N)NC1C2CC3CC1CC(CC(N)=O)(C3)C2. The van der Waals surface area contributed by atoms with E-state index < -0.39 is 5.60 Å². The highest BCUT2D eigenvalue weighted by Crippen LogP contribution is 2.61. The van der Waals surface area contributed by atoms with E-state index in [1.165, 1.54) is 0 Å². The summed E-state index contributed by atoms with van der Waals surface area (Å²) in [7, 11) is 0. The molecule has 3 N–H and O–H groups in total. The molecule has 0 saturated heterocycles. The van der Waals surface area contributed by atoms with Crippen molar-refractivity contribution in [2.24, 2.45) is 33.9 Å². The third-order valence-corrected chi connectivity index (χ3v) is 7.42. The molecule has 7 heteroatoms. The van der Waals surface area contributed by atoms with Crippen LogP contribution in [0.5, 0.6) is 5.75 Å². The van der Waals surface area contributed by atoms with Gasteiger partial charge in [0, 0.05) is 17.5 Å². The number of hydrogen-bond acceptors (Lipinski definition) is 4. The number of benzene rings is 1. The molecule has 4 saturated carbocycles. The fourth-order valence-electron chi connectivity index (χ4n) is 6.41. The topological polar surface area (TPSA) is 100 Å². The van der Waals surface area contributed by atoms with Gasteiger partial charge in [0.2, 0.25) is 12.1 Å². The monoisotopic (exact) mass is 428 g/mol. The first kappa shape index (κ1) is 21.0. The maximum absolute atomic E-state index is 11.7. The number of nitriles is 1. The van der Waals surface area contributed by atoms with Crippen LogP contribution in [0.25, 0.3) is 0 Å². The second kappa shape index (κ2) is 7.77. The number of nitrogens with zero attached hydrogens (tertiary/aromatic N) is 2. The minimum Gasteiger partial charge on any atom is -0.480 e. The first-order valence-corrected chi connectivity index (χ1v) is 11.0. The molecule has 0 radical (unpaired) electrons. The van der Waals surface area contributed by atoms with Gasteiger partial charge in [0.25, 0.3) is 0 Å². The number of halogens is 1. The number of carbonyl (C=O) groups excluding carboxylic acids is 1. The van der Waals surface area contributed by atoms with Gasteiger partial charge in [0.1, 0.15) is 5.75 Å². The van der Waals surface area contributed by atoms with Crippen LogP contribution >= 0.6 is 11.6 Å². The van der Waals surface area contributed by atoms with E-state index in [9.17, 15) is 10.1 Å². The van der Waals surface area contributed by atoms with Crippen molar-refractivity contribution >= 4 is 23.3 Å². The highest BCUT2D eigenvalue weighted by molar-refractivity contribution is 6.30. The van der Waals surface area contributed by atoms with E-state index in [1.807, 2.05) is 32.2 Å². The van der Waals surface area contributed by atoms with Crippen molar-refractivity contribution in [2.45, 2.75) is 64.0 Å². The first-order chi connectivity index (χ1) is 14.2. The van der Waals surface area contributed by atoms with Crippen LogP contribution in [0.15, 0.2) is 29.3 Å². The Bertz CT molecular complexity index is 873. The summed E-state index contributed by atoms with van der Waals surface area (Å²) in [5, 5.41) is 13.6. The Balaban J connectivity index is 1.51. The number of rotatable bonds is 6. The number of carbonyl (C=O) groups is 1. The van der Waals surface area contributed by atoms with Crippen LogP contribution in [0, 0.1) is 34.6 Å². The normalized spacial score (nSPS) is 32.5. The molecule has 0 aromatic heterocycles. The molecule has 4 bridgehead atoms. The number of ether oxygens (including phenoxy) is 1. The largest absolute Gasteiger partial charge is 0.480 e. The molecule has 4 fully saturated rings. The maximum atomic E-state index is 11.7. The van der Waals surface area contributed by atoms with E-state index in [0.717, 1.165) is 32.1 Å². The van der Waals surface area contributed by atoms with Crippen molar-refractivity contribution in [2.75, 3.05) is 0 Å². The number of amides is 1. The van der Waals surface area contributed by atoms with Gasteiger partial charge < -0.3 is 15.8 Å². The molecular formula is C23H29ClN4O2. The van der Waals surface area contributed by atoms with Gasteiger partial charge in [-0.25, -0.2) is 0 Å². The lowest BCUT2D eigenvalue weighted by Gasteiger charge is -2.60. The summed E-state index contributed by atoms with van der Waals surface area (Å²) in [4.78, 5) is 15.8. The maximum Gasteiger partial charge on any atom is 0.217 e. The van der Waals surface area contributed by atoms with E-state index in [0.29, 0.717) is 40.8 Å². The number of aliphatic imine (C=N–C) groups is 1. The Kier molecular flexibility index (Phi) is 5.44. The summed E-state index contributed by atoms with van der Waals surface area (Å²) >= 11 is 5.97. The Morgan fingerprint density at radius 2 is 1.93 bits per heavy atom. The van der Waals surface area contributed by atoms with Crippen LogP contribution in [0.4, 0.5) is 0 Å². The summed E-state index contributed by atoms with van der Waals surface area (Å²) < 4.78 is 6.17. The third kappa shape index (κ3) is 4.13. The summed E-state index contributed by atoms with van der Waals surface area (Å²) in [5.74, 6) is 2.63. The third-order valence-electron chi connectivity index (χ3n) is 7.17. The standard InChI is InChI=1S/C23H29ClN4O2/c1-22(2,30-18-5-3-17(24)4-6-18)21(27-13-25)28-20-15-7-14-8-16(20)11-23(9-14,10-15)12-19(26)29/h3-6,14-16,20H,7-12H2,1-2H3,(H2,26,29)(H,27,28). The van der Waals surface area contributed by atoms with Gasteiger partial charge in [-0.3, -0.25) is 4.79 Å². The molecule has 6 nitrogen and oxygen atoms in total. The summed E-state index contributed by atoms with van der Waals surface area (Å²) in [5.41, 5.74) is 4.84. The van der Waals surface area contributed by atoms with Gasteiger partial charge in [-0.15, -0.1) is 0 Å². The van der Waals surface area contributed by atoms with Crippen LogP contribution in [-0.2, 0) is 4.79 Å². The average Bonchev–Trinajstić information content (AvgIpc) is 2.64. The molecule has 2 unspecified atom stereocenters. The molecule has 0 spiro atoms. The molecule has 1 amide bonds. The second-order valence-electron chi connectivity index (χ2n) is 9.91. The van der Waals surface area contributed by atoms with E-state index in [2.05, 4.69) is 10.3 Å². The smallest absolute Gasteiger partial charge is 0.217 e. The highest BCUT2D eigenvalue weighted by atomic mass is 35.5. The van der Waals surface area contributed by atoms with Crippen molar-refractivity contribution in [3.63, 3.8) is 0 Å². The molecule has 4 aliphatic carbocycles. The van der Waals surface area contributed by atoms with Gasteiger partial charge >= 0.3 is 0 Å². The first-order valence-electron chi connectivity index (χ1n) is 10.7. The van der Waals surface area contributed by atoms with Crippen LogP contribution in [0.3, 0.4) is 0 Å². The summed E-state index contributed by atoms with van der Waals surface area (Å²) in [6, 6.07) is 7.41. The van der Waals surface area contributed by atoms with E-state index in [4.69, 9.17) is 22.1 Å². The van der Waals surface area contributed by atoms with Crippen molar-refractivity contribution in [3.8, 4) is 11.9 Å².